The Balaban J connectivity index is 0.000000269. The summed E-state index contributed by atoms with van der Waals surface area (Å²) in [6.45, 7) is 0. The highest BCUT2D eigenvalue weighted by Crippen LogP contribution is 2.42. The highest BCUT2D eigenvalue weighted by atomic mass is 32.2. The maximum absolute atomic E-state index is 14.4. The van der Waals surface area contributed by atoms with Crippen LogP contribution in [0.3, 0.4) is 0 Å². The minimum atomic E-state index is -6.13. The zero-order chi connectivity index (χ0) is 65.0. The van der Waals surface area contributed by atoms with Gasteiger partial charge in [0.15, 0.2) is 25.8 Å². The maximum atomic E-state index is 14.4. The van der Waals surface area contributed by atoms with Crippen molar-refractivity contribution in [2.45, 2.75) is 60.1 Å². The Morgan fingerprint density at radius 3 is 0.830 bits per heavy atom. The lowest BCUT2D eigenvalue weighted by atomic mass is 9.12. The molecule has 0 aliphatic heterocycles. The summed E-state index contributed by atoms with van der Waals surface area (Å²) in [4.78, 5) is 0.774. The quantitative estimate of drug-likeness (QED) is 0.0511. The standard InChI is InChI=1S/C32H12BF24.C29H21OS/c34-25(35,36)13-1-14(26(37,38)39)6-21(5-13)33(22-7-15(27(40,41)42)2-16(8-22)28(43,44)45,23-9-17(29(46,47)48)3-18(10-23)30(49,50)51)24-11-19(31(52,53)54)4-20(12-24)32(55,56)57;30-31(26-15-5-2-6-16-26,20-19-23-11-3-1-4-12-23)22-29-27-17-9-7-13-24(27)21-25-14-8-10-18-28(25)29/h1-12H;1-18,21H,22H2/q-1;+1. The summed E-state index contributed by atoms with van der Waals surface area (Å²) in [5.41, 5.74) is -28.2. The van der Waals surface area contributed by atoms with Crippen LogP contribution in [0.4, 0.5) is 105 Å². The van der Waals surface area contributed by atoms with Crippen molar-refractivity contribution in [2.75, 3.05) is 0 Å². The summed E-state index contributed by atoms with van der Waals surface area (Å²) in [6, 6.07) is 29.5. The van der Waals surface area contributed by atoms with Gasteiger partial charge in [-0.2, -0.15) is 127 Å². The van der Waals surface area contributed by atoms with Crippen LogP contribution in [-0.4, -0.2) is 6.15 Å². The summed E-state index contributed by atoms with van der Waals surface area (Å²) < 4.78 is 355. The molecule has 0 aromatic heterocycles. The van der Waals surface area contributed by atoms with E-state index in [0.29, 0.717) is 5.75 Å². The smallest absolute Gasteiger partial charge is 0.194 e. The van der Waals surface area contributed by atoms with Gasteiger partial charge in [-0.15, -0.1) is 0 Å². The molecule has 0 fully saturated rings. The van der Waals surface area contributed by atoms with Crippen molar-refractivity contribution in [2.24, 2.45) is 0 Å². The first kappa shape index (κ1) is 65.6. The molecule has 0 radical (unpaired) electrons. The molecule has 0 bridgehead atoms. The van der Waals surface area contributed by atoms with Crippen molar-refractivity contribution in [1.82, 2.24) is 0 Å². The van der Waals surface area contributed by atoms with E-state index < -0.39 is 205 Å². The van der Waals surface area contributed by atoms with E-state index in [0.717, 1.165) is 37.6 Å². The van der Waals surface area contributed by atoms with Gasteiger partial charge >= 0.3 is 49.4 Å². The van der Waals surface area contributed by atoms with Crippen LogP contribution in [0.25, 0.3) is 21.5 Å². The van der Waals surface area contributed by atoms with Crippen molar-refractivity contribution < 1.29 is 110 Å². The third-order valence-electron chi connectivity index (χ3n) is 13.9. The Labute approximate surface area is 482 Å². The monoisotopic (exact) mass is 1280 g/mol. The highest BCUT2D eigenvalue weighted by molar-refractivity contribution is 8.06. The SMILES string of the molecule is FC(F)(F)c1cc([B-](c2cc(C(F)(F)F)cc(C(F)(F)F)c2)(c2cc(C(F)(F)F)cc(C(F)(F)F)c2)c2cc(C(F)(F)F)cc(C(F)(F)F)c2)cc(C(F)(F)F)c1.O=[S+](C#Cc1ccccc1)(Cc1c2ccccc2cc2ccccc12)c1ccccc1. The molecule has 0 N–H and O–H groups in total. The molecule has 0 saturated carbocycles. The highest BCUT2D eigenvalue weighted by Gasteiger charge is 2.47. The summed E-state index contributed by atoms with van der Waals surface area (Å²) >= 11 is 0. The number of rotatable bonds is 7. The molecule has 1 nitrogen and oxygen atoms in total. The topological polar surface area (TPSA) is 17.1 Å². The average Bonchev–Trinajstić information content (AvgIpc) is 1.25. The van der Waals surface area contributed by atoms with E-state index in [1.54, 1.807) is 0 Å². The second-order valence-electron chi connectivity index (χ2n) is 19.7. The summed E-state index contributed by atoms with van der Waals surface area (Å²) in [5.74, 6) is 3.55. The van der Waals surface area contributed by atoms with Crippen molar-refractivity contribution in [3.63, 3.8) is 0 Å². The molecule has 0 aliphatic carbocycles. The molecular weight excluding hydrogens is 1250 g/mol. The van der Waals surface area contributed by atoms with Gasteiger partial charge in [-0.3, -0.25) is 0 Å². The number of hydrogen-bond acceptors (Lipinski definition) is 1. The Kier molecular flexibility index (Phi) is 17.3. The number of alkyl halides is 24. The Bertz CT molecular complexity index is 3670. The van der Waals surface area contributed by atoms with E-state index in [4.69, 9.17) is 0 Å². The van der Waals surface area contributed by atoms with E-state index in [-0.39, 0.29) is 0 Å². The fourth-order valence-corrected chi connectivity index (χ4v) is 12.0. The number of halogens is 24. The van der Waals surface area contributed by atoms with E-state index >= 15 is 0 Å². The zero-order valence-corrected chi connectivity index (χ0v) is 44.4. The van der Waals surface area contributed by atoms with Crippen molar-refractivity contribution >= 4 is 59.5 Å². The van der Waals surface area contributed by atoms with Gasteiger partial charge in [-0.25, -0.2) is 0 Å². The van der Waals surface area contributed by atoms with E-state index in [1.807, 2.05) is 84.9 Å². The van der Waals surface area contributed by atoms with E-state index in [1.165, 1.54) is 0 Å². The van der Waals surface area contributed by atoms with Crippen LogP contribution < -0.4 is 21.9 Å². The predicted molar refractivity (Wildman–Crippen MR) is 281 cm³/mol. The van der Waals surface area contributed by atoms with Gasteiger partial charge in [0.05, 0.1) is 44.5 Å². The summed E-state index contributed by atoms with van der Waals surface area (Å²) in [7, 11) is -2.66. The Hall–Kier alpha value is -8.41. The number of benzene rings is 9. The number of hydrogen-bond donors (Lipinski definition) is 0. The first-order valence-electron chi connectivity index (χ1n) is 24.9. The van der Waals surface area contributed by atoms with Crippen LogP contribution in [0.5, 0.6) is 0 Å². The minimum absolute atomic E-state index is 0.374. The molecule has 0 heterocycles. The van der Waals surface area contributed by atoms with Crippen LogP contribution in [0, 0.1) is 11.2 Å². The lowest BCUT2D eigenvalue weighted by molar-refractivity contribution is -0.144. The average molecular weight is 1280 g/mol. The molecule has 0 saturated heterocycles. The molecule has 460 valence electrons. The fraction of sp³-hybridized carbons (Fsp3) is 0.148. The fourth-order valence-electron chi connectivity index (χ4n) is 10.0. The molecule has 0 spiro atoms. The molecular formula is C61H33BF24OS. The molecule has 88 heavy (non-hydrogen) atoms. The minimum Gasteiger partial charge on any atom is -0.194 e. The molecule has 1 unspecified atom stereocenters. The molecule has 0 amide bonds. The third-order valence-corrected chi connectivity index (χ3v) is 16.1. The third kappa shape index (κ3) is 14.3. The lowest BCUT2D eigenvalue weighted by Gasteiger charge is -2.46. The summed E-state index contributed by atoms with van der Waals surface area (Å²) in [6.07, 6.45) is -54.8. The molecule has 27 heteroatoms. The van der Waals surface area contributed by atoms with Gasteiger partial charge in [0.25, 0.3) is 0 Å². The van der Waals surface area contributed by atoms with E-state index in [9.17, 15) is 110 Å². The molecule has 1 atom stereocenters. The van der Waals surface area contributed by atoms with Crippen molar-refractivity contribution in [3.8, 4) is 11.2 Å². The van der Waals surface area contributed by atoms with Crippen molar-refractivity contribution in [3.05, 3.63) is 244 Å². The Morgan fingerprint density at radius 1 is 0.307 bits per heavy atom. The van der Waals surface area contributed by atoms with Gasteiger partial charge in [0.2, 0.25) is 0 Å². The first-order chi connectivity index (χ1) is 40.5. The second-order valence-corrected chi connectivity index (χ2v) is 22.1. The number of fused-ring (bicyclic) bond motifs is 2. The van der Waals surface area contributed by atoms with Gasteiger partial charge in [-0.05, 0) is 82.1 Å². The van der Waals surface area contributed by atoms with Crippen LogP contribution in [-0.2, 0) is 69.3 Å². The Morgan fingerprint density at radius 2 is 0.557 bits per heavy atom. The molecule has 0 aliphatic rings. The first-order valence-corrected chi connectivity index (χ1v) is 26.6. The largest absolute Gasteiger partial charge is 0.416 e. The van der Waals surface area contributed by atoms with Crippen molar-refractivity contribution in [1.29, 1.82) is 0 Å². The van der Waals surface area contributed by atoms with E-state index in [2.05, 4.69) is 41.5 Å². The second kappa shape index (κ2) is 23.3. The van der Waals surface area contributed by atoms with Crippen LogP contribution in [0.1, 0.15) is 55.6 Å². The normalized spacial score (nSPS) is 13.8. The molecule has 9 aromatic carbocycles. The molecule has 9 aromatic rings. The van der Waals surface area contributed by atoms with Crippen LogP contribution in [0.15, 0.2) is 193 Å². The van der Waals surface area contributed by atoms with Gasteiger partial charge in [0.1, 0.15) is 6.15 Å². The van der Waals surface area contributed by atoms with Gasteiger partial charge in [0, 0.05) is 11.1 Å². The maximum Gasteiger partial charge on any atom is 0.416 e. The van der Waals surface area contributed by atoms with Gasteiger partial charge < -0.3 is 0 Å². The molecule has 9 rings (SSSR count). The van der Waals surface area contributed by atoms with Gasteiger partial charge in [-0.1, -0.05) is 138 Å². The van der Waals surface area contributed by atoms with Crippen LogP contribution in [0.2, 0.25) is 0 Å². The lowest BCUT2D eigenvalue weighted by Crippen LogP contribution is -2.75. The van der Waals surface area contributed by atoms with Crippen LogP contribution >= 0.6 is 0 Å². The summed E-state index contributed by atoms with van der Waals surface area (Å²) in [5, 5.41) is 7.76. The predicted octanol–water partition coefficient (Wildman–Crippen LogP) is 18.3. The zero-order valence-electron chi connectivity index (χ0n) is 43.6.